The number of hydrogen-bond donors (Lipinski definition) is 1. The van der Waals surface area contributed by atoms with Crippen LogP contribution < -0.4 is 5.32 Å². The van der Waals surface area contributed by atoms with Crippen molar-refractivity contribution in [1.29, 1.82) is 0 Å². The van der Waals surface area contributed by atoms with E-state index in [1.54, 1.807) is 6.07 Å². The smallest absolute Gasteiger partial charge is 0.291 e. The Morgan fingerprint density at radius 2 is 2.05 bits per heavy atom. The molecule has 19 heavy (non-hydrogen) atoms. The number of benzene rings is 1. The molecule has 4 heteroatoms. The molecule has 2 rings (SSSR count). The molecule has 1 unspecified atom stereocenters. The highest BCUT2D eigenvalue weighted by Gasteiger charge is 2.14. The monoisotopic (exact) mass is 277 g/mol. The summed E-state index contributed by atoms with van der Waals surface area (Å²) in [6.45, 7) is 3.85. The molecule has 0 aliphatic rings. The summed E-state index contributed by atoms with van der Waals surface area (Å²) in [5.74, 6) is 0.850. The van der Waals surface area contributed by atoms with Gasteiger partial charge >= 0.3 is 0 Å². The van der Waals surface area contributed by atoms with Gasteiger partial charge in [-0.25, -0.2) is 0 Å². The van der Waals surface area contributed by atoms with E-state index in [1.165, 1.54) is 0 Å². The van der Waals surface area contributed by atoms with Crippen molar-refractivity contribution in [2.75, 3.05) is 5.32 Å². The summed E-state index contributed by atoms with van der Waals surface area (Å²) in [5.41, 5.74) is 1.60. The average Bonchev–Trinajstić information content (AvgIpc) is 2.88. The van der Waals surface area contributed by atoms with Gasteiger partial charge in [-0.15, -0.1) is 11.6 Å². The fourth-order valence-corrected chi connectivity index (χ4v) is 2.02. The molecular weight excluding hydrogens is 262 g/mol. The molecule has 1 amide bonds. The summed E-state index contributed by atoms with van der Waals surface area (Å²) >= 11 is 6.09. The summed E-state index contributed by atoms with van der Waals surface area (Å²) in [4.78, 5) is 12.1. The van der Waals surface area contributed by atoms with Gasteiger partial charge in [0.25, 0.3) is 5.91 Å². The number of furan rings is 1. The van der Waals surface area contributed by atoms with Crippen molar-refractivity contribution in [3.63, 3.8) is 0 Å². The third-order valence-electron chi connectivity index (χ3n) is 2.87. The van der Waals surface area contributed by atoms with Crippen LogP contribution in [-0.2, 0) is 6.42 Å². The summed E-state index contributed by atoms with van der Waals surface area (Å²) < 4.78 is 5.42. The Bertz CT molecular complexity index is 575. The summed E-state index contributed by atoms with van der Waals surface area (Å²) in [7, 11) is 0. The number of nitrogens with one attached hydrogen (secondary N) is 1. The number of anilines is 1. The Balaban J connectivity index is 2.19. The van der Waals surface area contributed by atoms with E-state index < -0.39 is 0 Å². The molecular formula is C15H16ClNO2. The van der Waals surface area contributed by atoms with E-state index in [0.717, 1.165) is 17.7 Å². The Hall–Kier alpha value is -1.74. The van der Waals surface area contributed by atoms with Crippen LogP contribution >= 0.6 is 11.6 Å². The topological polar surface area (TPSA) is 42.2 Å². The maximum absolute atomic E-state index is 12.1. The van der Waals surface area contributed by atoms with Crippen molar-refractivity contribution in [3.05, 3.63) is 53.5 Å². The normalized spacial score (nSPS) is 12.2. The van der Waals surface area contributed by atoms with E-state index >= 15 is 0 Å². The van der Waals surface area contributed by atoms with Gasteiger partial charge in [-0.2, -0.15) is 0 Å². The van der Waals surface area contributed by atoms with Gasteiger partial charge in [-0.1, -0.05) is 25.1 Å². The van der Waals surface area contributed by atoms with Crippen molar-refractivity contribution < 1.29 is 9.21 Å². The van der Waals surface area contributed by atoms with Crippen molar-refractivity contribution >= 4 is 23.2 Å². The van der Waals surface area contributed by atoms with Gasteiger partial charge in [0, 0.05) is 12.1 Å². The fourth-order valence-electron chi connectivity index (χ4n) is 1.83. The van der Waals surface area contributed by atoms with Crippen LogP contribution in [0, 0.1) is 0 Å². The second-order valence-electron chi connectivity index (χ2n) is 4.28. The lowest BCUT2D eigenvalue weighted by Crippen LogP contribution is -2.12. The number of halogens is 1. The van der Waals surface area contributed by atoms with Crippen molar-refractivity contribution in [1.82, 2.24) is 0 Å². The molecule has 100 valence electrons. The van der Waals surface area contributed by atoms with Crippen LogP contribution in [0.3, 0.4) is 0 Å². The minimum atomic E-state index is -0.260. The summed E-state index contributed by atoms with van der Waals surface area (Å²) in [5, 5.41) is 2.66. The van der Waals surface area contributed by atoms with Gasteiger partial charge in [0.2, 0.25) is 0 Å². The molecule has 1 atom stereocenters. The lowest BCUT2D eigenvalue weighted by atomic mass is 10.1. The SMILES string of the molecule is CCc1ccc(C(=O)Nc2ccccc2C(C)Cl)o1. The first-order valence-electron chi connectivity index (χ1n) is 6.25. The number of hydrogen-bond acceptors (Lipinski definition) is 2. The molecule has 0 radical (unpaired) electrons. The highest BCUT2D eigenvalue weighted by atomic mass is 35.5. The lowest BCUT2D eigenvalue weighted by molar-refractivity contribution is 0.0995. The van der Waals surface area contributed by atoms with Gasteiger partial charge in [0.05, 0.1) is 5.38 Å². The van der Waals surface area contributed by atoms with Crippen molar-refractivity contribution in [2.24, 2.45) is 0 Å². The first-order chi connectivity index (χ1) is 9.11. The minimum absolute atomic E-state index is 0.167. The molecule has 0 saturated carbocycles. The molecule has 0 spiro atoms. The van der Waals surface area contributed by atoms with Gasteiger partial charge in [-0.05, 0) is 30.7 Å². The number of amides is 1. The molecule has 1 aromatic carbocycles. The van der Waals surface area contributed by atoms with E-state index in [4.69, 9.17) is 16.0 Å². The zero-order valence-corrected chi connectivity index (χ0v) is 11.7. The number of para-hydroxylation sites is 1. The highest BCUT2D eigenvalue weighted by Crippen LogP contribution is 2.27. The van der Waals surface area contributed by atoms with E-state index in [2.05, 4.69) is 5.32 Å². The molecule has 2 aromatic rings. The number of aryl methyl sites for hydroxylation is 1. The molecule has 1 aromatic heterocycles. The standard InChI is InChI=1S/C15H16ClNO2/c1-3-11-8-9-14(19-11)15(18)17-13-7-5-4-6-12(13)10(2)16/h4-10H,3H2,1-2H3,(H,17,18). The minimum Gasteiger partial charge on any atom is -0.456 e. The molecule has 0 aliphatic carbocycles. The molecule has 1 N–H and O–H groups in total. The Morgan fingerprint density at radius 1 is 1.32 bits per heavy atom. The van der Waals surface area contributed by atoms with Crippen LogP contribution in [-0.4, -0.2) is 5.91 Å². The fraction of sp³-hybridized carbons (Fsp3) is 0.267. The number of carbonyl (C=O) groups is 1. The lowest BCUT2D eigenvalue weighted by Gasteiger charge is -2.11. The van der Waals surface area contributed by atoms with Crippen LogP contribution in [0.25, 0.3) is 0 Å². The quantitative estimate of drug-likeness (QED) is 0.842. The van der Waals surface area contributed by atoms with E-state index in [1.807, 2.05) is 44.2 Å². The van der Waals surface area contributed by atoms with Gasteiger partial charge < -0.3 is 9.73 Å². The maximum atomic E-state index is 12.1. The van der Waals surface area contributed by atoms with Gasteiger partial charge in [0.15, 0.2) is 5.76 Å². The van der Waals surface area contributed by atoms with Crippen LogP contribution in [0.4, 0.5) is 5.69 Å². The van der Waals surface area contributed by atoms with Crippen LogP contribution in [0.15, 0.2) is 40.8 Å². The third-order valence-corrected chi connectivity index (χ3v) is 3.11. The first kappa shape index (κ1) is 13.7. The number of alkyl halides is 1. The van der Waals surface area contributed by atoms with Gasteiger partial charge in [-0.3, -0.25) is 4.79 Å². The van der Waals surface area contributed by atoms with Crippen molar-refractivity contribution in [3.8, 4) is 0 Å². The summed E-state index contributed by atoms with van der Waals surface area (Å²) in [6.07, 6.45) is 0.766. The van der Waals surface area contributed by atoms with Crippen molar-refractivity contribution in [2.45, 2.75) is 25.6 Å². The molecule has 0 saturated heterocycles. The van der Waals surface area contributed by atoms with Gasteiger partial charge in [0.1, 0.15) is 5.76 Å². The Labute approximate surface area is 117 Å². The number of rotatable bonds is 4. The summed E-state index contributed by atoms with van der Waals surface area (Å²) in [6, 6.07) is 11.0. The molecule has 0 aliphatic heterocycles. The predicted molar refractivity (Wildman–Crippen MR) is 76.7 cm³/mol. The van der Waals surface area contributed by atoms with Crippen LogP contribution in [0.1, 0.15) is 41.1 Å². The van der Waals surface area contributed by atoms with Crippen LogP contribution in [0.2, 0.25) is 0 Å². The third kappa shape index (κ3) is 3.18. The molecule has 0 bridgehead atoms. The Kier molecular flexibility index (Phi) is 4.27. The van der Waals surface area contributed by atoms with Crippen LogP contribution in [0.5, 0.6) is 0 Å². The van der Waals surface area contributed by atoms with E-state index in [9.17, 15) is 4.79 Å². The Morgan fingerprint density at radius 3 is 2.68 bits per heavy atom. The van der Waals surface area contributed by atoms with E-state index in [0.29, 0.717) is 11.4 Å². The molecule has 3 nitrogen and oxygen atoms in total. The predicted octanol–water partition coefficient (Wildman–Crippen LogP) is 4.39. The van der Waals surface area contributed by atoms with E-state index in [-0.39, 0.29) is 11.3 Å². The highest BCUT2D eigenvalue weighted by molar-refractivity contribution is 6.21. The zero-order chi connectivity index (χ0) is 13.8. The largest absolute Gasteiger partial charge is 0.456 e. The second kappa shape index (κ2) is 5.93. The first-order valence-corrected chi connectivity index (χ1v) is 6.68. The average molecular weight is 278 g/mol. The number of carbonyl (C=O) groups excluding carboxylic acids is 1. The second-order valence-corrected chi connectivity index (χ2v) is 4.93. The molecule has 0 fully saturated rings. The molecule has 1 heterocycles. The maximum Gasteiger partial charge on any atom is 0.291 e. The zero-order valence-electron chi connectivity index (χ0n) is 10.9.